The molecule has 2 amide bonds. The van der Waals surface area contributed by atoms with Crippen LogP contribution in [-0.4, -0.2) is 37.1 Å². The van der Waals surface area contributed by atoms with Crippen LogP contribution in [0.2, 0.25) is 0 Å². The lowest BCUT2D eigenvalue weighted by Crippen LogP contribution is -2.41. The van der Waals surface area contributed by atoms with Gasteiger partial charge in [0.15, 0.2) is 0 Å². The number of nitrogens with one attached hydrogen (secondary N) is 3. The van der Waals surface area contributed by atoms with E-state index in [9.17, 15) is 22.8 Å². The molecule has 2 aromatic rings. The number of amides is 2. The van der Waals surface area contributed by atoms with Crippen LogP contribution in [0, 0.1) is 5.92 Å². The number of alkyl halides is 3. The first-order valence-electron chi connectivity index (χ1n) is 11.1. The Bertz CT molecular complexity index is 969. The highest BCUT2D eigenvalue weighted by Gasteiger charge is 2.41. The number of carbonyl (C=O) groups excluding carboxylic acids is 2. The van der Waals surface area contributed by atoms with Crippen LogP contribution in [-0.2, 0) is 16.1 Å². The Morgan fingerprint density at radius 3 is 2.12 bits per heavy atom. The zero-order chi connectivity index (χ0) is 23.4. The average molecular weight is 461 g/mol. The fourth-order valence-corrected chi connectivity index (χ4v) is 4.22. The second-order valence-electron chi connectivity index (χ2n) is 8.55. The summed E-state index contributed by atoms with van der Waals surface area (Å²) in [4.78, 5) is 25.3. The molecule has 3 N–H and O–H groups in total. The third-order valence-electron chi connectivity index (χ3n) is 6.21. The minimum Gasteiger partial charge on any atom is -0.372 e. The highest BCUT2D eigenvalue weighted by atomic mass is 19.4. The molecule has 0 saturated carbocycles. The summed E-state index contributed by atoms with van der Waals surface area (Å²) in [7, 11) is 0. The fraction of sp³-hybridized carbons (Fsp3) is 0.417. The molecule has 4 rings (SSSR count). The van der Waals surface area contributed by atoms with Crippen LogP contribution in [0.3, 0.4) is 0 Å². The highest BCUT2D eigenvalue weighted by Crippen LogP contribution is 2.35. The van der Waals surface area contributed by atoms with Gasteiger partial charge in [0.05, 0.1) is 5.92 Å². The summed E-state index contributed by atoms with van der Waals surface area (Å²) < 4.78 is 38.6. The smallest absolute Gasteiger partial charge is 0.372 e. The molecular formula is C24H27F3N4O2. The topological polar surface area (TPSA) is 73.5 Å². The first-order valence-corrected chi connectivity index (χ1v) is 11.1. The summed E-state index contributed by atoms with van der Waals surface area (Å²) in [5.74, 6) is -1.47. The summed E-state index contributed by atoms with van der Waals surface area (Å²) in [6.07, 6.45) is -2.93. The lowest BCUT2D eigenvalue weighted by molar-refractivity contribution is -0.179. The SMILES string of the molecule is O=C1CCC(C(=O)NCc2ccc(Nc3ccc(N4CCC(C(F)(F)F)CC4)cc3)cc2)N1. The van der Waals surface area contributed by atoms with Gasteiger partial charge in [-0.15, -0.1) is 0 Å². The molecule has 1 atom stereocenters. The van der Waals surface area contributed by atoms with Crippen LogP contribution in [0.4, 0.5) is 30.2 Å². The Kier molecular flexibility index (Phi) is 6.76. The zero-order valence-corrected chi connectivity index (χ0v) is 18.1. The maximum Gasteiger partial charge on any atom is 0.391 e. The van der Waals surface area contributed by atoms with Gasteiger partial charge in [-0.3, -0.25) is 9.59 Å². The predicted octanol–water partition coefficient (Wildman–Crippen LogP) is 4.10. The van der Waals surface area contributed by atoms with Gasteiger partial charge >= 0.3 is 6.18 Å². The standard InChI is InChI=1S/C24H27F3N4O2/c25-24(26,27)17-11-13-31(14-12-17)20-7-5-19(6-8-20)29-18-3-1-16(2-4-18)15-28-23(33)21-9-10-22(32)30-21/h1-8,17,21,29H,9-15H2,(H,28,33)(H,30,32). The number of nitrogens with zero attached hydrogens (tertiary/aromatic N) is 1. The first kappa shape index (κ1) is 22.9. The molecule has 6 nitrogen and oxygen atoms in total. The van der Waals surface area contributed by atoms with Crippen LogP contribution < -0.4 is 20.9 Å². The number of anilines is 3. The molecular weight excluding hydrogens is 433 g/mol. The number of hydrogen-bond acceptors (Lipinski definition) is 4. The monoisotopic (exact) mass is 460 g/mol. The van der Waals surface area contributed by atoms with E-state index in [4.69, 9.17) is 0 Å². The normalized spacial score (nSPS) is 19.3. The van der Waals surface area contributed by atoms with Gasteiger partial charge in [0.25, 0.3) is 0 Å². The van der Waals surface area contributed by atoms with E-state index in [-0.39, 0.29) is 24.7 Å². The van der Waals surface area contributed by atoms with Gasteiger partial charge in [-0.2, -0.15) is 13.2 Å². The van der Waals surface area contributed by atoms with E-state index in [0.717, 1.165) is 22.6 Å². The molecule has 1 unspecified atom stereocenters. The molecule has 2 saturated heterocycles. The largest absolute Gasteiger partial charge is 0.391 e. The number of halogens is 3. The van der Waals surface area contributed by atoms with Gasteiger partial charge < -0.3 is 20.9 Å². The maximum absolute atomic E-state index is 12.9. The van der Waals surface area contributed by atoms with Crippen molar-refractivity contribution in [2.24, 2.45) is 5.92 Å². The van der Waals surface area contributed by atoms with E-state index in [1.807, 2.05) is 53.4 Å². The van der Waals surface area contributed by atoms with Crippen molar-refractivity contribution < 1.29 is 22.8 Å². The molecule has 0 aromatic heterocycles. The fourth-order valence-electron chi connectivity index (χ4n) is 4.22. The van der Waals surface area contributed by atoms with Crippen molar-refractivity contribution in [1.82, 2.24) is 10.6 Å². The number of piperidine rings is 1. The van der Waals surface area contributed by atoms with Gasteiger partial charge in [0, 0.05) is 43.1 Å². The Morgan fingerprint density at radius 2 is 1.58 bits per heavy atom. The van der Waals surface area contributed by atoms with E-state index >= 15 is 0 Å². The molecule has 0 radical (unpaired) electrons. The summed E-state index contributed by atoms with van der Waals surface area (Å²) in [6, 6.07) is 14.9. The van der Waals surface area contributed by atoms with E-state index in [1.165, 1.54) is 0 Å². The third kappa shape index (κ3) is 5.97. The summed E-state index contributed by atoms with van der Waals surface area (Å²) in [5.41, 5.74) is 3.62. The second-order valence-corrected chi connectivity index (χ2v) is 8.55. The van der Waals surface area contributed by atoms with Crippen LogP contribution in [0.15, 0.2) is 48.5 Å². The van der Waals surface area contributed by atoms with Gasteiger partial charge in [0.1, 0.15) is 6.04 Å². The molecule has 0 bridgehead atoms. The Hall–Kier alpha value is -3.23. The minimum absolute atomic E-state index is 0.0929. The second kappa shape index (κ2) is 9.72. The summed E-state index contributed by atoms with van der Waals surface area (Å²) in [6.45, 7) is 1.19. The summed E-state index contributed by atoms with van der Waals surface area (Å²) >= 11 is 0. The van der Waals surface area contributed by atoms with E-state index in [2.05, 4.69) is 16.0 Å². The van der Waals surface area contributed by atoms with Gasteiger partial charge in [-0.1, -0.05) is 12.1 Å². The molecule has 2 aromatic carbocycles. The Morgan fingerprint density at radius 1 is 0.970 bits per heavy atom. The molecule has 2 aliphatic heterocycles. The average Bonchev–Trinajstić information content (AvgIpc) is 3.25. The van der Waals surface area contributed by atoms with Crippen molar-refractivity contribution in [3.8, 4) is 0 Å². The molecule has 0 spiro atoms. The number of rotatable bonds is 6. The maximum atomic E-state index is 12.9. The van der Waals surface area contributed by atoms with Crippen LogP contribution in [0.25, 0.3) is 0 Å². The van der Waals surface area contributed by atoms with E-state index in [0.29, 0.717) is 32.5 Å². The number of benzene rings is 2. The van der Waals surface area contributed by atoms with Crippen molar-refractivity contribution in [3.05, 3.63) is 54.1 Å². The molecule has 0 aliphatic carbocycles. The molecule has 2 fully saturated rings. The molecule has 2 aliphatic rings. The van der Waals surface area contributed by atoms with Crippen molar-refractivity contribution in [3.63, 3.8) is 0 Å². The zero-order valence-electron chi connectivity index (χ0n) is 18.1. The molecule has 9 heteroatoms. The number of hydrogen-bond donors (Lipinski definition) is 3. The van der Waals surface area contributed by atoms with Crippen molar-refractivity contribution in [1.29, 1.82) is 0 Å². The van der Waals surface area contributed by atoms with Gasteiger partial charge in [-0.05, 0) is 61.2 Å². The Labute approximate surface area is 190 Å². The quantitative estimate of drug-likeness (QED) is 0.607. The van der Waals surface area contributed by atoms with Crippen molar-refractivity contribution in [2.75, 3.05) is 23.3 Å². The molecule has 176 valence electrons. The van der Waals surface area contributed by atoms with Crippen molar-refractivity contribution >= 4 is 28.9 Å². The molecule has 2 heterocycles. The Balaban J connectivity index is 1.25. The van der Waals surface area contributed by atoms with E-state index < -0.39 is 18.1 Å². The van der Waals surface area contributed by atoms with Crippen LogP contribution in [0.5, 0.6) is 0 Å². The van der Waals surface area contributed by atoms with Gasteiger partial charge in [-0.25, -0.2) is 0 Å². The van der Waals surface area contributed by atoms with E-state index in [1.54, 1.807) is 0 Å². The lowest BCUT2D eigenvalue weighted by atomic mass is 9.96. The number of carbonyl (C=O) groups is 2. The lowest BCUT2D eigenvalue weighted by Gasteiger charge is -2.34. The van der Waals surface area contributed by atoms with Crippen LogP contribution >= 0.6 is 0 Å². The van der Waals surface area contributed by atoms with Crippen molar-refractivity contribution in [2.45, 2.75) is 44.4 Å². The first-order chi connectivity index (χ1) is 15.8. The van der Waals surface area contributed by atoms with Crippen LogP contribution in [0.1, 0.15) is 31.2 Å². The summed E-state index contributed by atoms with van der Waals surface area (Å²) in [5, 5.41) is 8.79. The van der Waals surface area contributed by atoms with Gasteiger partial charge in [0.2, 0.25) is 11.8 Å². The predicted molar refractivity (Wildman–Crippen MR) is 120 cm³/mol. The minimum atomic E-state index is -4.10. The third-order valence-corrected chi connectivity index (χ3v) is 6.21. The highest BCUT2D eigenvalue weighted by molar-refractivity contribution is 5.90. The molecule has 33 heavy (non-hydrogen) atoms.